The Bertz CT molecular complexity index is 1040. The first-order valence-corrected chi connectivity index (χ1v) is 9.62. The number of carbonyl (C=O) groups excluding carboxylic acids is 1. The van der Waals surface area contributed by atoms with Gasteiger partial charge in [0.15, 0.2) is 0 Å². The van der Waals surface area contributed by atoms with E-state index in [1.807, 2.05) is 23.2 Å². The fourth-order valence-corrected chi connectivity index (χ4v) is 4.29. The molecule has 0 aliphatic carbocycles. The first-order chi connectivity index (χ1) is 13.3. The maximum atomic E-state index is 11.9. The molecular formula is C20H22ClN6O. The van der Waals surface area contributed by atoms with Gasteiger partial charge in [0.25, 0.3) is 0 Å². The molecule has 3 aromatic rings. The molecule has 0 unspecified atom stereocenters. The number of nitrogens with zero attached hydrogens (tertiary/aromatic N) is 4. The van der Waals surface area contributed by atoms with Crippen molar-refractivity contribution < 1.29 is 4.79 Å². The van der Waals surface area contributed by atoms with Crippen LogP contribution in [-0.4, -0.2) is 50.9 Å². The molecule has 4 rings (SSSR count). The number of hydrogen-bond donors (Lipinski definition) is 1. The number of rotatable bonds is 2. The molecule has 4 heterocycles. The summed E-state index contributed by atoms with van der Waals surface area (Å²) in [6, 6.07) is 5.66. The summed E-state index contributed by atoms with van der Waals surface area (Å²) in [5, 5.41) is 1.38. The SMILES string of the molecule is CC(=O)N1[C@H](C)CN(c2ccc([NH])c(-c3c[nH]c4ncc(Cl)cc34)n2)C[C@@H]1C. The molecule has 0 aromatic carbocycles. The third-order valence-electron chi connectivity index (χ3n) is 5.24. The predicted octanol–water partition coefficient (Wildman–Crippen LogP) is 3.64. The van der Waals surface area contributed by atoms with Gasteiger partial charge in [0.05, 0.1) is 16.4 Å². The van der Waals surface area contributed by atoms with Crippen LogP contribution in [0.4, 0.5) is 11.5 Å². The average molecular weight is 398 g/mol. The number of fused-ring (bicyclic) bond motifs is 1. The van der Waals surface area contributed by atoms with E-state index in [9.17, 15) is 4.79 Å². The van der Waals surface area contributed by atoms with Crippen LogP contribution in [0, 0.1) is 0 Å². The van der Waals surface area contributed by atoms with Crippen LogP contribution in [0.5, 0.6) is 0 Å². The number of hydrogen-bond acceptors (Lipinski definition) is 4. The van der Waals surface area contributed by atoms with Gasteiger partial charge in [0, 0.05) is 55.4 Å². The maximum absolute atomic E-state index is 11.9. The number of aromatic amines is 1. The number of H-pyrrole nitrogens is 1. The van der Waals surface area contributed by atoms with E-state index >= 15 is 0 Å². The predicted molar refractivity (Wildman–Crippen MR) is 111 cm³/mol. The Balaban J connectivity index is 1.72. The van der Waals surface area contributed by atoms with Gasteiger partial charge >= 0.3 is 0 Å². The highest BCUT2D eigenvalue weighted by Gasteiger charge is 2.31. The lowest BCUT2D eigenvalue weighted by atomic mass is 10.1. The van der Waals surface area contributed by atoms with Gasteiger partial charge in [-0.05, 0) is 32.0 Å². The molecule has 8 heteroatoms. The van der Waals surface area contributed by atoms with Crippen molar-refractivity contribution in [1.29, 1.82) is 0 Å². The number of amides is 1. The Kier molecular flexibility index (Phi) is 4.63. The van der Waals surface area contributed by atoms with Crippen molar-refractivity contribution in [3.63, 3.8) is 0 Å². The van der Waals surface area contributed by atoms with Crippen molar-refractivity contribution in [1.82, 2.24) is 25.6 Å². The van der Waals surface area contributed by atoms with Crippen LogP contribution >= 0.6 is 11.6 Å². The highest BCUT2D eigenvalue weighted by atomic mass is 35.5. The number of pyridine rings is 2. The maximum Gasteiger partial charge on any atom is 0.220 e. The van der Waals surface area contributed by atoms with Crippen molar-refractivity contribution in [2.24, 2.45) is 0 Å². The second-order valence-corrected chi connectivity index (χ2v) is 7.78. The van der Waals surface area contributed by atoms with E-state index in [0.717, 1.165) is 16.8 Å². The monoisotopic (exact) mass is 397 g/mol. The summed E-state index contributed by atoms with van der Waals surface area (Å²) < 4.78 is 0. The summed E-state index contributed by atoms with van der Waals surface area (Å²) in [4.78, 5) is 28.2. The molecule has 1 radical (unpaired) electrons. The molecule has 1 aliphatic heterocycles. The molecular weight excluding hydrogens is 376 g/mol. The molecule has 1 aliphatic rings. The second-order valence-electron chi connectivity index (χ2n) is 7.35. The summed E-state index contributed by atoms with van der Waals surface area (Å²) in [6.45, 7) is 7.13. The fourth-order valence-electron chi connectivity index (χ4n) is 4.13. The highest BCUT2D eigenvalue weighted by molar-refractivity contribution is 6.31. The molecule has 2 N–H and O–H groups in total. The van der Waals surface area contributed by atoms with Gasteiger partial charge in [0.2, 0.25) is 5.91 Å². The highest BCUT2D eigenvalue weighted by Crippen LogP contribution is 2.34. The lowest BCUT2D eigenvalue weighted by Crippen LogP contribution is -2.58. The van der Waals surface area contributed by atoms with Crippen molar-refractivity contribution >= 4 is 40.0 Å². The van der Waals surface area contributed by atoms with E-state index in [-0.39, 0.29) is 18.0 Å². The number of anilines is 1. The molecule has 2 atom stereocenters. The Morgan fingerprint density at radius 2 is 2.00 bits per heavy atom. The van der Waals surface area contributed by atoms with E-state index in [1.54, 1.807) is 19.2 Å². The quantitative estimate of drug-likeness (QED) is 0.714. The molecule has 1 fully saturated rings. The molecule has 145 valence electrons. The summed E-state index contributed by atoms with van der Waals surface area (Å²) >= 11 is 6.12. The minimum absolute atomic E-state index is 0.0953. The lowest BCUT2D eigenvalue weighted by molar-refractivity contribution is -0.133. The summed E-state index contributed by atoms with van der Waals surface area (Å²) in [7, 11) is 0. The van der Waals surface area contributed by atoms with Gasteiger partial charge < -0.3 is 14.8 Å². The first-order valence-electron chi connectivity index (χ1n) is 9.24. The summed E-state index contributed by atoms with van der Waals surface area (Å²) in [5.41, 5.74) is 10.8. The number of halogens is 1. The topological polar surface area (TPSA) is 88.9 Å². The minimum Gasteiger partial charge on any atom is -0.352 e. The number of piperazine rings is 1. The van der Waals surface area contributed by atoms with Gasteiger partial charge in [0.1, 0.15) is 11.5 Å². The standard InChI is InChI=1S/C20H22ClN6O/c1-11-9-26(10-12(2)27(11)13(3)28)18-5-4-17(22)19(25-18)16-8-24-20-15(16)6-14(21)7-23-20/h4-8,11-12,22H,9-10H2,1-3H3,(H,23,24)/t11-,12+. The molecule has 1 saturated heterocycles. The Labute approximate surface area is 168 Å². The van der Waals surface area contributed by atoms with Crippen LogP contribution in [0.1, 0.15) is 20.8 Å². The minimum atomic E-state index is 0.0953. The van der Waals surface area contributed by atoms with E-state index < -0.39 is 0 Å². The molecule has 0 saturated carbocycles. The third kappa shape index (κ3) is 3.16. The third-order valence-corrected chi connectivity index (χ3v) is 5.45. The molecule has 0 bridgehead atoms. The van der Waals surface area contributed by atoms with Crippen LogP contribution in [0.25, 0.3) is 22.3 Å². The van der Waals surface area contributed by atoms with Gasteiger partial charge in [-0.15, -0.1) is 0 Å². The number of nitrogens with one attached hydrogen (secondary N) is 2. The van der Waals surface area contributed by atoms with Crippen molar-refractivity contribution in [3.05, 3.63) is 35.6 Å². The molecule has 0 spiro atoms. The zero-order chi connectivity index (χ0) is 20.0. The van der Waals surface area contributed by atoms with E-state index in [2.05, 4.69) is 28.7 Å². The Morgan fingerprint density at radius 1 is 1.29 bits per heavy atom. The van der Waals surface area contributed by atoms with Crippen LogP contribution in [0.2, 0.25) is 5.02 Å². The Morgan fingerprint density at radius 3 is 2.68 bits per heavy atom. The first kappa shape index (κ1) is 18.6. The van der Waals surface area contributed by atoms with Crippen molar-refractivity contribution in [2.75, 3.05) is 18.0 Å². The van der Waals surface area contributed by atoms with Gasteiger partial charge in [-0.1, -0.05) is 11.6 Å². The van der Waals surface area contributed by atoms with E-state index in [1.165, 1.54) is 0 Å². The van der Waals surface area contributed by atoms with Crippen LogP contribution in [0.3, 0.4) is 0 Å². The molecule has 3 aromatic heterocycles. The summed E-state index contributed by atoms with van der Waals surface area (Å²) in [6.07, 6.45) is 3.41. The van der Waals surface area contributed by atoms with E-state index in [4.69, 9.17) is 22.3 Å². The van der Waals surface area contributed by atoms with Crippen molar-refractivity contribution in [3.8, 4) is 11.3 Å². The van der Waals surface area contributed by atoms with Gasteiger partial charge in [-0.3, -0.25) is 10.5 Å². The molecule has 1 amide bonds. The zero-order valence-electron chi connectivity index (χ0n) is 16.0. The Hall–Kier alpha value is -2.80. The normalized spacial score (nSPS) is 20.0. The zero-order valence-corrected chi connectivity index (χ0v) is 16.8. The molecule has 28 heavy (non-hydrogen) atoms. The van der Waals surface area contributed by atoms with Gasteiger partial charge in [-0.25, -0.2) is 9.97 Å². The smallest absolute Gasteiger partial charge is 0.220 e. The number of carbonyl (C=O) groups is 1. The second kappa shape index (κ2) is 6.98. The van der Waals surface area contributed by atoms with Crippen LogP contribution in [0.15, 0.2) is 30.6 Å². The largest absolute Gasteiger partial charge is 0.352 e. The van der Waals surface area contributed by atoms with Crippen LogP contribution in [-0.2, 0) is 4.79 Å². The number of aromatic nitrogens is 3. The van der Waals surface area contributed by atoms with Crippen molar-refractivity contribution in [2.45, 2.75) is 32.9 Å². The average Bonchev–Trinajstić information content (AvgIpc) is 3.04. The summed E-state index contributed by atoms with van der Waals surface area (Å²) in [5.74, 6) is 0.898. The van der Waals surface area contributed by atoms with Crippen LogP contribution < -0.4 is 10.6 Å². The fraction of sp³-hybridized carbons (Fsp3) is 0.350. The molecule has 7 nitrogen and oxygen atoms in total. The lowest BCUT2D eigenvalue weighted by Gasteiger charge is -2.44. The van der Waals surface area contributed by atoms with Gasteiger partial charge in [-0.2, -0.15) is 0 Å². The van der Waals surface area contributed by atoms with E-state index in [0.29, 0.717) is 35.1 Å².